The second kappa shape index (κ2) is 7.43. The van der Waals surface area contributed by atoms with Gasteiger partial charge < -0.3 is 9.67 Å². The van der Waals surface area contributed by atoms with Gasteiger partial charge in [-0.25, -0.2) is 0 Å². The van der Waals surface area contributed by atoms with Crippen LogP contribution in [0.15, 0.2) is 60.7 Å². The molecule has 1 aliphatic rings. The zero-order chi connectivity index (χ0) is 18.8. The molecule has 0 saturated heterocycles. The van der Waals surface area contributed by atoms with Crippen molar-refractivity contribution in [2.45, 2.75) is 44.9 Å². The monoisotopic (exact) mass is 359 g/mol. The number of hydrogen-bond acceptors (Lipinski definition) is 1. The highest BCUT2D eigenvalue weighted by Gasteiger charge is 2.24. The highest BCUT2D eigenvalue weighted by molar-refractivity contribution is 5.68. The average Bonchev–Trinajstić information content (AvgIpc) is 3.08. The van der Waals surface area contributed by atoms with E-state index in [0.29, 0.717) is 12.3 Å². The summed E-state index contributed by atoms with van der Waals surface area (Å²) in [5.74, 6) is -0.176. The van der Waals surface area contributed by atoms with Crippen molar-refractivity contribution >= 4 is 5.97 Å². The first-order chi connectivity index (χ1) is 13.1. The molecule has 1 atom stereocenters. The Hall–Kier alpha value is -2.81. The smallest absolute Gasteiger partial charge is 0.303 e. The highest BCUT2D eigenvalue weighted by Crippen LogP contribution is 2.39. The fourth-order valence-electron chi connectivity index (χ4n) is 4.20. The van der Waals surface area contributed by atoms with E-state index in [0.717, 1.165) is 17.7 Å². The molecule has 4 rings (SSSR count). The summed E-state index contributed by atoms with van der Waals surface area (Å²) in [5.41, 5.74) is 7.51. The molecule has 0 amide bonds. The second-order valence-electron chi connectivity index (χ2n) is 7.49. The van der Waals surface area contributed by atoms with E-state index in [2.05, 4.69) is 54.0 Å². The molecule has 0 fully saturated rings. The van der Waals surface area contributed by atoms with Gasteiger partial charge in [-0.1, -0.05) is 49.4 Å². The molecule has 3 heteroatoms. The lowest BCUT2D eigenvalue weighted by Gasteiger charge is -2.22. The molecule has 1 unspecified atom stereocenters. The number of carboxylic acids is 1. The van der Waals surface area contributed by atoms with Crippen molar-refractivity contribution in [2.24, 2.45) is 0 Å². The third kappa shape index (κ3) is 3.55. The number of hydrogen-bond donors (Lipinski definition) is 1. The molecule has 0 aliphatic heterocycles. The van der Waals surface area contributed by atoms with Crippen LogP contribution in [0.1, 0.15) is 48.9 Å². The molecule has 0 saturated carbocycles. The predicted molar refractivity (Wildman–Crippen MR) is 109 cm³/mol. The number of carboxylic acid groups (broad SMARTS) is 1. The minimum absolute atomic E-state index is 0.163. The SMILES string of the molecule is CC1CCCc2c1cc(-c1ccccc1)n2-c1cccc(CCC(=O)O)c1. The van der Waals surface area contributed by atoms with E-state index < -0.39 is 5.97 Å². The van der Waals surface area contributed by atoms with Gasteiger partial charge >= 0.3 is 5.97 Å². The maximum absolute atomic E-state index is 10.9. The van der Waals surface area contributed by atoms with E-state index >= 15 is 0 Å². The van der Waals surface area contributed by atoms with Crippen LogP contribution in [0.3, 0.4) is 0 Å². The summed E-state index contributed by atoms with van der Waals surface area (Å²) in [5, 5.41) is 9.00. The van der Waals surface area contributed by atoms with Gasteiger partial charge in [0.15, 0.2) is 0 Å². The summed E-state index contributed by atoms with van der Waals surface area (Å²) in [4.78, 5) is 10.9. The normalized spacial score (nSPS) is 16.1. The van der Waals surface area contributed by atoms with Crippen molar-refractivity contribution in [3.8, 4) is 16.9 Å². The Morgan fingerprint density at radius 3 is 2.70 bits per heavy atom. The topological polar surface area (TPSA) is 42.2 Å². The van der Waals surface area contributed by atoms with Crippen LogP contribution in [0.2, 0.25) is 0 Å². The summed E-state index contributed by atoms with van der Waals surface area (Å²) >= 11 is 0. The van der Waals surface area contributed by atoms with Gasteiger partial charge in [0.25, 0.3) is 0 Å². The van der Waals surface area contributed by atoms with Gasteiger partial charge in [0.1, 0.15) is 0 Å². The molecule has 3 aromatic rings. The Morgan fingerprint density at radius 2 is 1.93 bits per heavy atom. The third-order valence-corrected chi connectivity index (χ3v) is 5.58. The van der Waals surface area contributed by atoms with Crippen molar-refractivity contribution in [3.63, 3.8) is 0 Å². The summed E-state index contributed by atoms with van der Waals surface area (Å²) in [6, 6.07) is 21.2. The minimum Gasteiger partial charge on any atom is -0.481 e. The van der Waals surface area contributed by atoms with Crippen LogP contribution in [0.25, 0.3) is 16.9 Å². The molecule has 1 aliphatic carbocycles. The van der Waals surface area contributed by atoms with Gasteiger partial charge in [0, 0.05) is 17.8 Å². The summed E-state index contributed by atoms with van der Waals surface area (Å²) in [6.07, 6.45) is 4.26. The van der Waals surface area contributed by atoms with Crippen LogP contribution in [0.5, 0.6) is 0 Å². The first kappa shape index (κ1) is 17.6. The Bertz CT molecular complexity index is 956. The highest BCUT2D eigenvalue weighted by atomic mass is 16.4. The second-order valence-corrected chi connectivity index (χ2v) is 7.49. The van der Waals surface area contributed by atoms with Crippen LogP contribution >= 0.6 is 0 Å². The molecule has 1 heterocycles. The van der Waals surface area contributed by atoms with Gasteiger partial charge in [-0.2, -0.15) is 0 Å². The number of aliphatic carboxylic acids is 1. The number of rotatable bonds is 5. The van der Waals surface area contributed by atoms with Crippen molar-refractivity contribution in [1.82, 2.24) is 4.57 Å². The van der Waals surface area contributed by atoms with Crippen LogP contribution in [0, 0.1) is 0 Å². The van der Waals surface area contributed by atoms with E-state index in [1.54, 1.807) is 0 Å². The van der Waals surface area contributed by atoms with E-state index in [1.807, 2.05) is 18.2 Å². The molecule has 138 valence electrons. The number of aryl methyl sites for hydroxylation is 1. The van der Waals surface area contributed by atoms with Crippen molar-refractivity contribution in [2.75, 3.05) is 0 Å². The number of fused-ring (bicyclic) bond motifs is 1. The number of nitrogens with zero attached hydrogens (tertiary/aromatic N) is 1. The van der Waals surface area contributed by atoms with Crippen LogP contribution < -0.4 is 0 Å². The zero-order valence-corrected chi connectivity index (χ0v) is 15.7. The summed E-state index contributed by atoms with van der Waals surface area (Å²) in [6.45, 7) is 2.32. The number of benzene rings is 2. The van der Waals surface area contributed by atoms with Gasteiger partial charge in [-0.15, -0.1) is 0 Å². The molecule has 0 bridgehead atoms. The van der Waals surface area contributed by atoms with Crippen LogP contribution in [-0.2, 0) is 17.6 Å². The maximum atomic E-state index is 10.9. The fourth-order valence-corrected chi connectivity index (χ4v) is 4.20. The molecule has 0 spiro atoms. The quantitative estimate of drug-likeness (QED) is 0.644. The van der Waals surface area contributed by atoms with E-state index in [-0.39, 0.29) is 6.42 Å². The Balaban J connectivity index is 1.84. The third-order valence-electron chi connectivity index (χ3n) is 5.58. The first-order valence-electron chi connectivity index (χ1n) is 9.74. The van der Waals surface area contributed by atoms with E-state index in [1.165, 1.54) is 35.4 Å². The van der Waals surface area contributed by atoms with E-state index in [4.69, 9.17) is 5.11 Å². The lowest BCUT2D eigenvalue weighted by molar-refractivity contribution is -0.136. The molecule has 0 radical (unpaired) electrons. The summed E-state index contributed by atoms with van der Waals surface area (Å²) in [7, 11) is 0. The van der Waals surface area contributed by atoms with Gasteiger partial charge in [0.05, 0.1) is 5.69 Å². The van der Waals surface area contributed by atoms with Crippen molar-refractivity contribution in [1.29, 1.82) is 0 Å². The van der Waals surface area contributed by atoms with Gasteiger partial charge in [0.2, 0.25) is 0 Å². The van der Waals surface area contributed by atoms with Gasteiger partial charge in [-0.3, -0.25) is 4.79 Å². The molecular weight excluding hydrogens is 334 g/mol. The van der Waals surface area contributed by atoms with Crippen molar-refractivity contribution in [3.05, 3.63) is 77.5 Å². The Kier molecular flexibility index (Phi) is 4.85. The minimum atomic E-state index is -0.752. The van der Waals surface area contributed by atoms with E-state index in [9.17, 15) is 4.79 Å². The van der Waals surface area contributed by atoms with Crippen LogP contribution in [-0.4, -0.2) is 15.6 Å². The molecule has 27 heavy (non-hydrogen) atoms. The lowest BCUT2D eigenvalue weighted by Crippen LogP contribution is -2.10. The number of aromatic nitrogens is 1. The molecule has 1 aromatic heterocycles. The first-order valence-corrected chi connectivity index (χ1v) is 9.74. The largest absolute Gasteiger partial charge is 0.481 e. The molecule has 1 N–H and O–H groups in total. The Labute approximate surface area is 160 Å². The van der Waals surface area contributed by atoms with Crippen molar-refractivity contribution < 1.29 is 9.90 Å². The fraction of sp³-hybridized carbons (Fsp3) is 0.292. The predicted octanol–water partition coefficient (Wildman–Crippen LogP) is 5.60. The standard InChI is InChI=1S/C24H25NO2/c1-17-7-5-12-22-21(17)16-23(19-9-3-2-4-10-19)25(22)20-11-6-8-18(15-20)13-14-24(26)27/h2-4,6,8-11,15-17H,5,7,12-14H2,1H3,(H,26,27). The maximum Gasteiger partial charge on any atom is 0.303 e. The summed E-state index contributed by atoms with van der Waals surface area (Å²) < 4.78 is 2.39. The van der Waals surface area contributed by atoms with Crippen LogP contribution in [0.4, 0.5) is 0 Å². The number of carbonyl (C=O) groups is 1. The van der Waals surface area contributed by atoms with Gasteiger partial charge in [-0.05, 0) is 66.5 Å². The molecule has 3 nitrogen and oxygen atoms in total. The zero-order valence-electron chi connectivity index (χ0n) is 15.7. The lowest BCUT2D eigenvalue weighted by atomic mass is 9.88. The average molecular weight is 359 g/mol. The Morgan fingerprint density at radius 1 is 1.11 bits per heavy atom. The molecule has 2 aromatic carbocycles. The molecular formula is C24H25NO2.